The lowest BCUT2D eigenvalue weighted by Gasteiger charge is -2.17. The van der Waals surface area contributed by atoms with Crippen LogP contribution in [0.2, 0.25) is 0 Å². The number of hydrogen-bond donors (Lipinski definition) is 0. The van der Waals surface area contributed by atoms with E-state index < -0.39 is 0 Å². The van der Waals surface area contributed by atoms with Crippen molar-refractivity contribution in [3.8, 4) is 0 Å². The van der Waals surface area contributed by atoms with E-state index in [4.69, 9.17) is 4.74 Å². The normalized spacial score (nSPS) is 33.9. The standard InChI is InChI=1S/C20H26O3/c1-14-6-4-8-15(2)12-19-18(16(3)20(22)23-19)11-10-17(13-21)9-5-7-14/h7-8,10,13,18-19H,3-6,9,11-12H2,1-2H3/b14-7+,15-8+,17-10+/t18-,19+/m1/s1. The predicted molar refractivity (Wildman–Crippen MR) is 91.9 cm³/mol. The van der Waals surface area contributed by atoms with E-state index in [2.05, 4.69) is 32.6 Å². The summed E-state index contributed by atoms with van der Waals surface area (Å²) < 4.78 is 5.49. The monoisotopic (exact) mass is 314 g/mol. The molecule has 0 spiro atoms. The average Bonchev–Trinajstić information content (AvgIpc) is 2.76. The van der Waals surface area contributed by atoms with Gasteiger partial charge in [0, 0.05) is 17.9 Å². The van der Waals surface area contributed by atoms with Gasteiger partial charge >= 0.3 is 5.97 Å². The molecular formula is C20H26O3. The Labute approximate surface area is 138 Å². The van der Waals surface area contributed by atoms with Crippen LogP contribution in [0, 0.1) is 5.92 Å². The number of aldehydes is 1. The van der Waals surface area contributed by atoms with Crippen LogP contribution in [0.4, 0.5) is 0 Å². The van der Waals surface area contributed by atoms with Gasteiger partial charge in [-0.2, -0.15) is 0 Å². The van der Waals surface area contributed by atoms with Gasteiger partial charge in [0.1, 0.15) is 12.4 Å². The lowest BCUT2D eigenvalue weighted by molar-refractivity contribution is -0.139. The highest BCUT2D eigenvalue weighted by molar-refractivity contribution is 5.90. The van der Waals surface area contributed by atoms with Crippen LogP contribution in [0.5, 0.6) is 0 Å². The van der Waals surface area contributed by atoms with E-state index in [1.54, 1.807) is 0 Å². The first-order chi connectivity index (χ1) is 11.0. The van der Waals surface area contributed by atoms with Gasteiger partial charge < -0.3 is 4.74 Å². The molecule has 2 rings (SSSR count). The van der Waals surface area contributed by atoms with E-state index in [1.165, 1.54) is 11.1 Å². The average molecular weight is 314 g/mol. The van der Waals surface area contributed by atoms with Gasteiger partial charge in [-0.25, -0.2) is 4.79 Å². The van der Waals surface area contributed by atoms with E-state index in [1.807, 2.05) is 6.08 Å². The third-order valence-electron chi connectivity index (χ3n) is 4.68. The maximum absolute atomic E-state index is 11.8. The molecule has 0 radical (unpaired) electrons. The first kappa shape index (κ1) is 17.5. The van der Waals surface area contributed by atoms with Crippen molar-refractivity contribution in [1.82, 2.24) is 0 Å². The summed E-state index contributed by atoms with van der Waals surface area (Å²) in [7, 11) is 0. The van der Waals surface area contributed by atoms with Crippen molar-refractivity contribution in [3.63, 3.8) is 0 Å². The molecule has 124 valence electrons. The lowest BCUT2D eigenvalue weighted by Crippen LogP contribution is -2.17. The molecule has 0 unspecified atom stereocenters. The topological polar surface area (TPSA) is 43.4 Å². The largest absolute Gasteiger partial charge is 0.458 e. The molecule has 1 heterocycles. The summed E-state index contributed by atoms with van der Waals surface area (Å²) in [5.74, 6) is -0.323. The van der Waals surface area contributed by atoms with E-state index >= 15 is 0 Å². The molecule has 0 amide bonds. The van der Waals surface area contributed by atoms with Crippen LogP contribution in [0.15, 0.2) is 47.1 Å². The molecule has 2 atom stereocenters. The van der Waals surface area contributed by atoms with E-state index in [9.17, 15) is 9.59 Å². The van der Waals surface area contributed by atoms with Gasteiger partial charge in [-0.05, 0) is 51.5 Å². The first-order valence-electron chi connectivity index (χ1n) is 8.36. The van der Waals surface area contributed by atoms with E-state index in [-0.39, 0.29) is 18.0 Å². The van der Waals surface area contributed by atoms with Crippen LogP contribution < -0.4 is 0 Å². The lowest BCUT2D eigenvalue weighted by atomic mass is 9.88. The Morgan fingerprint density at radius 1 is 1.13 bits per heavy atom. The molecule has 0 aromatic carbocycles. The zero-order valence-electron chi connectivity index (χ0n) is 14.1. The van der Waals surface area contributed by atoms with Gasteiger partial charge in [0.25, 0.3) is 0 Å². The van der Waals surface area contributed by atoms with Gasteiger partial charge in [0.15, 0.2) is 0 Å². The zero-order chi connectivity index (χ0) is 16.8. The van der Waals surface area contributed by atoms with Crippen molar-refractivity contribution in [2.24, 2.45) is 5.92 Å². The number of fused-ring (bicyclic) bond motifs is 1. The van der Waals surface area contributed by atoms with Gasteiger partial charge in [0.05, 0.1) is 0 Å². The fourth-order valence-electron chi connectivity index (χ4n) is 3.17. The molecule has 1 aliphatic heterocycles. The minimum atomic E-state index is -0.296. The maximum atomic E-state index is 11.8. The maximum Gasteiger partial charge on any atom is 0.334 e. The van der Waals surface area contributed by atoms with Gasteiger partial charge in [-0.3, -0.25) is 4.79 Å². The number of hydrogen-bond acceptors (Lipinski definition) is 3. The predicted octanol–water partition coefficient (Wildman–Crippen LogP) is 4.46. The molecule has 0 bridgehead atoms. The van der Waals surface area contributed by atoms with Crippen LogP contribution >= 0.6 is 0 Å². The van der Waals surface area contributed by atoms with Crippen molar-refractivity contribution < 1.29 is 14.3 Å². The fraction of sp³-hybridized carbons (Fsp3) is 0.500. The van der Waals surface area contributed by atoms with E-state index in [0.717, 1.165) is 44.0 Å². The van der Waals surface area contributed by atoms with Crippen molar-refractivity contribution in [2.75, 3.05) is 0 Å². The summed E-state index contributed by atoms with van der Waals surface area (Å²) in [4.78, 5) is 23.1. The minimum Gasteiger partial charge on any atom is -0.458 e. The molecule has 0 aromatic rings. The Balaban J connectivity index is 2.23. The zero-order valence-corrected chi connectivity index (χ0v) is 14.1. The summed E-state index contributed by atoms with van der Waals surface area (Å²) in [6.45, 7) is 8.11. The molecule has 1 fully saturated rings. The Bertz CT molecular complexity index is 578. The number of rotatable bonds is 1. The number of ether oxygens (including phenoxy) is 1. The number of esters is 1. The van der Waals surface area contributed by atoms with E-state index in [0.29, 0.717) is 12.0 Å². The molecule has 2 aliphatic rings. The third kappa shape index (κ3) is 4.78. The summed E-state index contributed by atoms with van der Waals surface area (Å²) >= 11 is 0. The summed E-state index contributed by atoms with van der Waals surface area (Å²) in [6.07, 6.45) is 12.2. The Morgan fingerprint density at radius 2 is 1.83 bits per heavy atom. The quantitative estimate of drug-likeness (QED) is 0.311. The third-order valence-corrected chi connectivity index (χ3v) is 4.68. The highest BCUT2D eigenvalue weighted by Crippen LogP contribution is 2.34. The molecular weight excluding hydrogens is 288 g/mol. The number of carbonyl (C=O) groups excluding carboxylic acids is 2. The van der Waals surface area contributed by atoms with Crippen molar-refractivity contribution in [2.45, 2.75) is 58.5 Å². The highest BCUT2D eigenvalue weighted by atomic mass is 16.6. The van der Waals surface area contributed by atoms with Crippen LogP contribution in [0.1, 0.15) is 52.4 Å². The molecule has 1 saturated heterocycles. The van der Waals surface area contributed by atoms with Gasteiger partial charge in [0.2, 0.25) is 0 Å². The van der Waals surface area contributed by atoms with Crippen molar-refractivity contribution in [1.29, 1.82) is 0 Å². The van der Waals surface area contributed by atoms with Crippen LogP contribution in [0.3, 0.4) is 0 Å². The molecule has 23 heavy (non-hydrogen) atoms. The van der Waals surface area contributed by atoms with Crippen molar-refractivity contribution in [3.05, 3.63) is 47.1 Å². The first-order valence-corrected chi connectivity index (χ1v) is 8.36. The summed E-state index contributed by atoms with van der Waals surface area (Å²) in [5, 5.41) is 0. The Hall–Kier alpha value is -1.90. The second-order valence-electron chi connectivity index (χ2n) is 6.59. The molecule has 3 heteroatoms. The van der Waals surface area contributed by atoms with Gasteiger partial charge in [-0.15, -0.1) is 0 Å². The summed E-state index contributed by atoms with van der Waals surface area (Å²) in [6, 6.07) is 0. The molecule has 0 saturated carbocycles. The number of allylic oxidation sites excluding steroid dienone is 5. The van der Waals surface area contributed by atoms with Crippen molar-refractivity contribution >= 4 is 12.3 Å². The Kier molecular flexibility index (Phi) is 6.14. The van der Waals surface area contributed by atoms with Gasteiger partial charge in [-0.1, -0.05) is 36.0 Å². The number of carbonyl (C=O) groups is 2. The molecule has 1 aliphatic carbocycles. The second-order valence-corrected chi connectivity index (χ2v) is 6.59. The molecule has 0 N–H and O–H groups in total. The minimum absolute atomic E-state index is 0.0268. The molecule has 3 nitrogen and oxygen atoms in total. The van der Waals surface area contributed by atoms with Crippen LogP contribution in [-0.2, 0) is 14.3 Å². The smallest absolute Gasteiger partial charge is 0.334 e. The fourth-order valence-corrected chi connectivity index (χ4v) is 3.17. The summed E-state index contributed by atoms with van der Waals surface area (Å²) in [5.41, 5.74) is 3.93. The SMILES string of the molecule is C=C1C(=O)O[C@H]2C/C(C)=C/CC/C(C)=C/CC/C(C=O)=C\C[C@H]12. The van der Waals surface area contributed by atoms with Crippen LogP contribution in [0.25, 0.3) is 0 Å². The second kappa shape index (κ2) is 8.09. The molecule has 0 aromatic heterocycles. The Morgan fingerprint density at radius 3 is 2.57 bits per heavy atom. The highest BCUT2D eigenvalue weighted by Gasteiger charge is 2.37. The van der Waals surface area contributed by atoms with Crippen LogP contribution in [-0.4, -0.2) is 18.4 Å².